The van der Waals surface area contributed by atoms with Gasteiger partial charge in [0.1, 0.15) is 0 Å². The molecular formula is C22H20F3N3O3S. The second-order valence-electron chi connectivity index (χ2n) is 7.53. The number of carbonyl (C=O) groups excluding carboxylic acids is 1. The highest BCUT2D eigenvalue weighted by Gasteiger charge is 2.43. The standard InChI is InChI=1S/C22H20F3N3O3S/c1-15-14-19(32(30,31)16-6-3-2-4-7-16)17-8-5-9-18(20(17)26-15)27-10-12-28(13-11-27)21(29)22(23,24)25/h2-9,14H,10-13H2,1H3. The molecule has 0 saturated carbocycles. The van der Waals surface area contributed by atoms with Crippen molar-refractivity contribution in [3.8, 4) is 0 Å². The topological polar surface area (TPSA) is 70.6 Å². The lowest BCUT2D eigenvalue weighted by atomic mass is 10.1. The largest absolute Gasteiger partial charge is 0.471 e. The van der Waals surface area contributed by atoms with Gasteiger partial charge in [-0.1, -0.05) is 30.3 Å². The molecule has 168 valence electrons. The minimum Gasteiger partial charge on any atom is -0.366 e. The Balaban J connectivity index is 1.73. The van der Waals surface area contributed by atoms with Crippen molar-refractivity contribution in [2.24, 2.45) is 0 Å². The van der Waals surface area contributed by atoms with Crippen LogP contribution in [0.5, 0.6) is 0 Å². The Morgan fingerprint density at radius 1 is 0.969 bits per heavy atom. The summed E-state index contributed by atoms with van der Waals surface area (Å²) in [6.45, 7) is 1.88. The third-order valence-electron chi connectivity index (χ3n) is 5.40. The summed E-state index contributed by atoms with van der Waals surface area (Å²) in [6.07, 6.45) is -4.90. The Bertz CT molecular complexity index is 1270. The maximum atomic E-state index is 13.3. The van der Waals surface area contributed by atoms with Gasteiger partial charge in [-0.25, -0.2) is 8.42 Å². The van der Waals surface area contributed by atoms with Crippen LogP contribution in [0.2, 0.25) is 0 Å². The zero-order valence-electron chi connectivity index (χ0n) is 17.1. The van der Waals surface area contributed by atoms with Gasteiger partial charge in [0.2, 0.25) is 9.84 Å². The van der Waals surface area contributed by atoms with Gasteiger partial charge in [0, 0.05) is 37.3 Å². The smallest absolute Gasteiger partial charge is 0.366 e. The number of anilines is 1. The van der Waals surface area contributed by atoms with Gasteiger partial charge in [-0.3, -0.25) is 9.78 Å². The number of halogens is 3. The summed E-state index contributed by atoms with van der Waals surface area (Å²) in [5.41, 5.74) is 1.58. The number of nitrogens with zero attached hydrogens (tertiary/aromatic N) is 3. The number of hydrogen-bond acceptors (Lipinski definition) is 5. The maximum Gasteiger partial charge on any atom is 0.471 e. The highest BCUT2D eigenvalue weighted by molar-refractivity contribution is 7.91. The molecule has 0 unspecified atom stereocenters. The third kappa shape index (κ3) is 4.02. The lowest BCUT2D eigenvalue weighted by molar-refractivity contribution is -0.185. The fourth-order valence-electron chi connectivity index (χ4n) is 3.86. The quantitative estimate of drug-likeness (QED) is 0.594. The SMILES string of the molecule is Cc1cc(S(=O)(=O)c2ccccc2)c2cccc(N3CCN(C(=O)C(F)(F)F)CC3)c2n1. The first-order chi connectivity index (χ1) is 15.1. The Labute approximate surface area is 183 Å². The van der Waals surface area contributed by atoms with E-state index in [0.717, 1.165) is 4.90 Å². The van der Waals surface area contributed by atoms with E-state index in [2.05, 4.69) is 4.98 Å². The first-order valence-corrected chi connectivity index (χ1v) is 11.4. The number of carbonyl (C=O) groups is 1. The molecule has 1 aliphatic rings. The number of aryl methyl sites for hydroxylation is 1. The number of alkyl halides is 3. The summed E-state index contributed by atoms with van der Waals surface area (Å²) in [7, 11) is -3.81. The predicted octanol–water partition coefficient (Wildman–Crippen LogP) is 3.59. The van der Waals surface area contributed by atoms with E-state index in [1.54, 1.807) is 43.3 Å². The van der Waals surface area contributed by atoms with Gasteiger partial charge in [0.25, 0.3) is 0 Å². The van der Waals surface area contributed by atoms with Crippen molar-refractivity contribution >= 4 is 32.3 Å². The first kappa shape index (κ1) is 22.1. The van der Waals surface area contributed by atoms with Crippen molar-refractivity contribution in [1.29, 1.82) is 0 Å². The molecule has 6 nitrogen and oxygen atoms in total. The van der Waals surface area contributed by atoms with Gasteiger partial charge < -0.3 is 9.80 Å². The molecule has 0 atom stereocenters. The summed E-state index contributed by atoms with van der Waals surface area (Å²) in [5, 5.41) is 0.436. The van der Waals surface area contributed by atoms with E-state index in [-0.39, 0.29) is 36.0 Å². The van der Waals surface area contributed by atoms with E-state index in [1.807, 2.05) is 4.90 Å². The minimum absolute atomic E-state index is 0.0876. The Hall–Kier alpha value is -3.14. The summed E-state index contributed by atoms with van der Waals surface area (Å²) in [6, 6.07) is 14.7. The van der Waals surface area contributed by atoms with Crippen LogP contribution >= 0.6 is 0 Å². The molecule has 10 heteroatoms. The van der Waals surface area contributed by atoms with E-state index >= 15 is 0 Å². The molecule has 1 saturated heterocycles. The number of amides is 1. The number of fused-ring (bicyclic) bond motifs is 1. The van der Waals surface area contributed by atoms with Crippen molar-refractivity contribution in [3.63, 3.8) is 0 Å². The molecule has 0 N–H and O–H groups in total. The Morgan fingerprint density at radius 3 is 2.25 bits per heavy atom. The third-order valence-corrected chi connectivity index (χ3v) is 7.21. The van der Waals surface area contributed by atoms with Crippen LogP contribution in [0.4, 0.5) is 18.9 Å². The van der Waals surface area contributed by atoms with Gasteiger partial charge >= 0.3 is 12.1 Å². The number of pyridine rings is 1. The highest BCUT2D eigenvalue weighted by atomic mass is 32.2. The molecular weight excluding hydrogens is 443 g/mol. The fraction of sp³-hybridized carbons (Fsp3) is 0.273. The number of sulfone groups is 1. The normalized spacial score (nSPS) is 15.2. The van der Waals surface area contributed by atoms with Crippen LogP contribution in [0.1, 0.15) is 5.69 Å². The highest BCUT2D eigenvalue weighted by Crippen LogP contribution is 2.33. The summed E-state index contributed by atoms with van der Waals surface area (Å²) in [4.78, 5) is 19.0. The minimum atomic E-state index is -4.90. The molecule has 32 heavy (non-hydrogen) atoms. The number of aromatic nitrogens is 1. The molecule has 2 aromatic carbocycles. The lowest BCUT2D eigenvalue weighted by Gasteiger charge is -2.36. The maximum absolute atomic E-state index is 13.3. The predicted molar refractivity (Wildman–Crippen MR) is 113 cm³/mol. The van der Waals surface area contributed by atoms with Gasteiger partial charge in [-0.05, 0) is 31.2 Å². The van der Waals surface area contributed by atoms with Crippen LogP contribution in [0.15, 0.2) is 64.4 Å². The van der Waals surface area contributed by atoms with Crippen LogP contribution < -0.4 is 4.90 Å². The molecule has 1 amide bonds. The average molecular weight is 463 g/mol. The lowest BCUT2D eigenvalue weighted by Crippen LogP contribution is -2.52. The molecule has 0 radical (unpaired) electrons. The first-order valence-electron chi connectivity index (χ1n) is 9.90. The van der Waals surface area contributed by atoms with Gasteiger partial charge in [-0.15, -0.1) is 0 Å². The van der Waals surface area contributed by atoms with Gasteiger partial charge in [-0.2, -0.15) is 13.2 Å². The molecule has 1 fully saturated rings. The number of rotatable bonds is 3. The molecule has 4 rings (SSSR count). The average Bonchev–Trinajstić information content (AvgIpc) is 2.77. The van der Waals surface area contributed by atoms with E-state index in [0.29, 0.717) is 22.3 Å². The summed E-state index contributed by atoms with van der Waals surface area (Å²) >= 11 is 0. The number of benzene rings is 2. The van der Waals surface area contributed by atoms with E-state index in [1.165, 1.54) is 18.2 Å². The number of hydrogen-bond donors (Lipinski definition) is 0. The van der Waals surface area contributed by atoms with Crippen LogP contribution in [0.3, 0.4) is 0 Å². The Morgan fingerprint density at radius 2 is 1.62 bits per heavy atom. The summed E-state index contributed by atoms with van der Waals surface area (Å²) < 4.78 is 64.8. The molecule has 0 bridgehead atoms. The van der Waals surface area contributed by atoms with Crippen LogP contribution in [0, 0.1) is 6.92 Å². The van der Waals surface area contributed by atoms with Crippen molar-refractivity contribution < 1.29 is 26.4 Å². The number of piperazine rings is 1. The molecule has 1 aliphatic heterocycles. The zero-order chi connectivity index (χ0) is 23.1. The Kier molecular flexibility index (Phi) is 5.58. The molecule has 2 heterocycles. The van der Waals surface area contributed by atoms with Gasteiger partial charge in [0.15, 0.2) is 0 Å². The van der Waals surface area contributed by atoms with Gasteiger partial charge in [0.05, 0.1) is 21.0 Å². The van der Waals surface area contributed by atoms with Crippen molar-refractivity contribution in [2.75, 3.05) is 31.1 Å². The van der Waals surface area contributed by atoms with E-state index in [4.69, 9.17) is 0 Å². The fourth-order valence-corrected chi connectivity index (χ4v) is 5.41. The monoisotopic (exact) mass is 463 g/mol. The summed E-state index contributed by atoms with van der Waals surface area (Å²) in [5.74, 6) is -1.85. The molecule has 0 spiro atoms. The number of para-hydroxylation sites is 1. The second kappa shape index (κ2) is 8.09. The van der Waals surface area contributed by atoms with Crippen LogP contribution in [-0.2, 0) is 14.6 Å². The van der Waals surface area contributed by atoms with Crippen molar-refractivity contribution in [2.45, 2.75) is 22.9 Å². The van der Waals surface area contributed by atoms with E-state index < -0.39 is 21.9 Å². The second-order valence-corrected chi connectivity index (χ2v) is 9.45. The zero-order valence-corrected chi connectivity index (χ0v) is 17.9. The van der Waals surface area contributed by atoms with Crippen molar-refractivity contribution in [1.82, 2.24) is 9.88 Å². The molecule has 3 aromatic rings. The van der Waals surface area contributed by atoms with E-state index in [9.17, 15) is 26.4 Å². The van der Waals surface area contributed by atoms with Crippen LogP contribution in [-0.4, -0.2) is 56.6 Å². The molecule has 1 aromatic heterocycles. The molecule has 0 aliphatic carbocycles. The van der Waals surface area contributed by atoms with Crippen molar-refractivity contribution in [3.05, 3.63) is 60.3 Å². The van der Waals surface area contributed by atoms with Crippen LogP contribution in [0.25, 0.3) is 10.9 Å².